The van der Waals surface area contributed by atoms with Gasteiger partial charge in [0.1, 0.15) is 5.75 Å². The van der Waals surface area contributed by atoms with E-state index in [1.807, 2.05) is 18.2 Å². The fraction of sp³-hybridized carbons (Fsp3) is 0.571. The third kappa shape index (κ3) is 4.29. The molecule has 106 valence electrons. The van der Waals surface area contributed by atoms with Crippen LogP contribution in [0.4, 0.5) is 11.4 Å². The Hall–Kier alpha value is -1.46. The molecule has 2 rings (SSSR count). The zero-order valence-corrected chi connectivity index (χ0v) is 11.5. The van der Waals surface area contributed by atoms with Crippen molar-refractivity contribution in [2.24, 2.45) is 0 Å². The molecule has 0 saturated carbocycles. The Morgan fingerprint density at radius 1 is 1.37 bits per heavy atom. The molecule has 5 nitrogen and oxygen atoms in total. The van der Waals surface area contributed by atoms with Crippen molar-refractivity contribution in [3.63, 3.8) is 0 Å². The summed E-state index contributed by atoms with van der Waals surface area (Å²) in [6.45, 7) is 5.81. The number of nitrogen functional groups attached to an aromatic ring is 1. The van der Waals surface area contributed by atoms with Gasteiger partial charge in [-0.05, 0) is 25.1 Å². The Morgan fingerprint density at radius 2 is 2.16 bits per heavy atom. The van der Waals surface area contributed by atoms with E-state index < -0.39 is 0 Å². The molecule has 1 aromatic rings. The van der Waals surface area contributed by atoms with Crippen LogP contribution >= 0.6 is 0 Å². The highest BCUT2D eigenvalue weighted by molar-refractivity contribution is 5.68. The van der Waals surface area contributed by atoms with Crippen LogP contribution in [0.25, 0.3) is 0 Å². The van der Waals surface area contributed by atoms with Crippen LogP contribution in [0.1, 0.15) is 6.42 Å². The van der Waals surface area contributed by atoms with Gasteiger partial charge in [0.25, 0.3) is 0 Å². The molecule has 3 N–H and O–H groups in total. The van der Waals surface area contributed by atoms with Gasteiger partial charge in [0, 0.05) is 25.7 Å². The summed E-state index contributed by atoms with van der Waals surface area (Å²) < 4.78 is 10.5. The first-order chi connectivity index (χ1) is 9.29. The monoisotopic (exact) mass is 265 g/mol. The van der Waals surface area contributed by atoms with Gasteiger partial charge in [-0.3, -0.25) is 4.90 Å². The number of rotatable bonds is 6. The summed E-state index contributed by atoms with van der Waals surface area (Å²) >= 11 is 0. The summed E-state index contributed by atoms with van der Waals surface area (Å²) in [5.41, 5.74) is 7.63. The molecular formula is C14H23N3O2. The van der Waals surface area contributed by atoms with Crippen LogP contribution in [0.5, 0.6) is 5.75 Å². The number of hydrogen-bond donors (Lipinski definition) is 2. The highest BCUT2D eigenvalue weighted by atomic mass is 16.5. The minimum atomic E-state index is 0.757. The van der Waals surface area contributed by atoms with E-state index >= 15 is 0 Å². The lowest BCUT2D eigenvalue weighted by molar-refractivity contribution is 0.0378. The van der Waals surface area contributed by atoms with E-state index in [2.05, 4.69) is 10.2 Å². The van der Waals surface area contributed by atoms with Gasteiger partial charge in [-0.2, -0.15) is 0 Å². The van der Waals surface area contributed by atoms with Crippen molar-refractivity contribution in [3.8, 4) is 5.75 Å². The van der Waals surface area contributed by atoms with Gasteiger partial charge in [-0.15, -0.1) is 0 Å². The molecule has 0 aliphatic carbocycles. The molecule has 0 radical (unpaired) electrons. The highest BCUT2D eigenvalue weighted by Gasteiger charge is 2.09. The first kappa shape index (κ1) is 14.0. The predicted octanol–water partition coefficient (Wildman–Crippen LogP) is 1.41. The van der Waals surface area contributed by atoms with E-state index in [9.17, 15) is 0 Å². The molecule has 0 unspecified atom stereocenters. The van der Waals surface area contributed by atoms with Crippen LogP contribution in [0.15, 0.2) is 18.2 Å². The van der Waals surface area contributed by atoms with E-state index in [4.69, 9.17) is 15.2 Å². The average Bonchev–Trinajstić information content (AvgIpc) is 2.46. The standard InChI is InChI=1S/C14H23N3O2/c1-18-12-3-4-13(15)14(11-12)16-5-2-6-17-7-9-19-10-8-17/h3-4,11,16H,2,5-10,15H2,1H3. The first-order valence-electron chi connectivity index (χ1n) is 6.77. The molecule has 1 saturated heterocycles. The molecule has 5 heteroatoms. The Bertz CT molecular complexity index is 392. The maximum Gasteiger partial charge on any atom is 0.121 e. The Morgan fingerprint density at radius 3 is 2.89 bits per heavy atom. The largest absolute Gasteiger partial charge is 0.497 e. The van der Waals surface area contributed by atoms with Gasteiger partial charge in [0.05, 0.1) is 31.7 Å². The van der Waals surface area contributed by atoms with Gasteiger partial charge in [-0.1, -0.05) is 0 Å². The number of nitrogens with zero attached hydrogens (tertiary/aromatic N) is 1. The van der Waals surface area contributed by atoms with E-state index in [0.717, 1.165) is 62.9 Å². The van der Waals surface area contributed by atoms with E-state index in [0.29, 0.717) is 0 Å². The molecule has 1 fully saturated rings. The molecule has 19 heavy (non-hydrogen) atoms. The number of anilines is 2. The molecule has 1 aliphatic rings. The smallest absolute Gasteiger partial charge is 0.121 e. The number of hydrogen-bond acceptors (Lipinski definition) is 5. The molecule has 0 amide bonds. The zero-order chi connectivity index (χ0) is 13.5. The average molecular weight is 265 g/mol. The number of nitrogens with one attached hydrogen (secondary N) is 1. The Balaban J connectivity index is 1.72. The lowest BCUT2D eigenvalue weighted by atomic mass is 10.2. The molecule has 0 bridgehead atoms. The molecule has 1 heterocycles. The number of methoxy groups -OCH3 is 1. The van der Waals surface area contributed by atoms with Crippen molar-refractivity contribution in [2.45, 2.75) is 6.42 Å². The number of benzene rings is 1. The van der Waals surface area contributed by atoms with E-state index in [1.165, 1.54) is 0 Å². The summed E-state index contributed by atoms with van der Waals surface area (Å²) in [6.07, 6.45) is 1.09. The number of nitrogens with two attached hydrogens (primary N) is 1. The van der Waals surface area contributed by atoms with Crippen molar-refractivity contribution in [1.82, 2.24) is 4.90 Å². The molecule has 1 aliphatic heterocycles. The van der Waals surface area contributed by atoms with Gasteiger partial charge in [0.15, 0.2) is 0 Å². The van der Waals surface area contributed by atoms with Crippen molar-refractivity contribution >= 4 is 11.4 Å². The van der Waals surface area contributed by atoms with Crippen molar-refractivity contribution in [3.05, 3.63) is 18.2 Å². The van der Waals surface area contributed by atoms with Crippen LogP contribution < -0.4 is 15.8 Å². The van der Waals surface area contributed by atoms with Crippen LogP contribution in [0.2, 0.25) is 0 Å². The Labute approximate surface area is 114 Å². The zero-order valence-electron chi connectivity index (χ0n) is 11.5. The number of ether oxygens (including phenoxy) is 2. The molecule has 0 spiro atoms. The van der Waals surface area contributed by atoms with Crippen LogP contribution in [0, 0.1) is 0 Å². The first-order valence-corrected chi connectivity index (χ1v) is 6.77. The normalized spacial score (nSPS) is 16.3. The van der Waals surface area contributed by atoms with Crippen molar-refractivity contribution in [2.75, 3.05) is 57.6 Å². The Kier molecular flexibility index (Phi) is 5.30. The quantitative estimate of drug-likeness (QED) is 0.601. The molecular weight excluding hydrogens is 242 g/mol. The fourth-order valence-electron chi connectivity index (χ4n) is 2.17. The minimum Gasteiger partial charge on any atom is -0.497 e. The summed E-state index contributed by atoms with van der Waals surface area (Å²) in [5.74, 6) is 0.824. The minimum absolute atomic E-state index is 0.757. The van der Waals surface area contributed by atoms with Gasteiger partial charge in [0.2, 0.25) is 0 Å². The topological polar surface area (TPSA) is 59.8 Å². The van der Waals surface area contributed by atoms with Crippen LogP contribution in [-0.4, -0.2) is 51.4 Å². The number of morpholine rings is 1. The highest BCUT2D eigenvalue weighted by Crippen LogP contribution is 2.24. The fourth-order valence-corrected chi connectivity index (χ4v) is 2.17. The summed E-state index contributed by atoms with van der Waals surface area (Å²) in [4.78, 5) is 2.43. The van der Waals surface area contributed by atoms with Crippen LogP contribution in [0.3, 0.4) is 0 Å². The van der Waals surface area contributed by atoms with Crippen LogP contribution in [-0.2, 0) is 4.74 Å². The second kappa shape index (κ2) is 7.21. The van der Waals surface area contributed by atoms with Crippen molar-refractivity contribution < 1.29 is 9.47 Å². The SMILES string of the molecule is COc1ccc(N)c(NCCCN2CCOCC2)c1. The summed E-state index contributed by atoms with van der Waals surface area (Å²) in [6, 6.07) is 5.67. The molecule has 0 atom stereocenters. The summed E-state index contributed by atoms with van der Waals surface area (Å²) in [7, 11) is 1.66. The second-order valence-corrected chi connectivity index (χ2v) is 4.69. The lowest BCUT2D eigenvalue weighted by Crippen LogP contribution is -2.37. The third-order valence-electron chi connectivity index (χ3n) is 3.33. The second-order valence-electron chi connectivity index (χ2n) is 4.69. The van der Waals surface area contributed by atoms with Crippen molar-refractivity contribution in [1.29, 1.82) is 0 Å². The van der Waals surface area contributed by atoms with Gasteiger partial charge < -0.3 is 20.5 Å². The van der Waals surface area contributed by atoms with E-state index in [1.54, 1.807) is 7.11 Å². The predicted molar refractivity (Wildman–Crippen MR) is 77.8 cm³/mol. The molecule has 1 aromatic carbocycles. The molecule has 0 aromatic heterocycles. The maximum absolute atomic E-state index is 5.92. The van der Waals surface area contributed by atoms with Gasteiger partial charge in [-0.25, -0.2) is 0 Å². The maximum atomic E-state index is 5.92. The summed E-state index contributed by atoms with van der Waals surface area (Å²) in [5, 5.41) is 3.36. The van der Waals surface area contributed by atoms with Gasteiger partial charge >= 0.3 is 0 Å². The van der Waals surface area contributed by atoms with E-state index in [-0.39, 0.29) is 0 Å². The third-order valence-corrected chi connectivity index (χ3v) is 3.33. The lowest BCUT2D eigenvalue weighted by Gasteiger charge is -2.26.